The molecule has 0 spiro atoms. The van der Waals surface area contributed by atoms with E-state index >= 15 is 0 Å². The molecular weight excluding hydrogens is 224 g/mol. The number of ether oxygens (including phenoxy) is 1. The Morgan fingerprint density at radius 3 is 2.17 bits per heavy atom. The van der Waals surface area contributed by atoms with Gasteiger partial charge in [0.2, 0.25) is 0 Å². The summed E-state index contributed by atoms with van der Waals surface area (Å²) >= 11 is 0. The van der Waals surface area contributed by atoms with E-state index in [0.717, 1.165) is 12.5 Å². The van der Waals surface area contributed by atoms with Gasteiger partial charge in [0.05, 0.1) is 11.2 Å². The second-order valence-electron chi connectivity index (χ2n) is 7.46. The standard InChI is InChI=1S/C15H30N2O/c1-10(11-7-8-11)17(6)9-12-13(16)15(4,5)18-14(12,2)3/h10-13H,7-9,16H2,1-6H3. The van der Waals surface area contributed by atoms with Crippen LogP contribution in [0, 0.1) is 11.8 Å². The van der Waals surface area contributed by atoms with Gasteiger partial charge in [-0.3, -0.25) is 0 Å². The van der Waals surface area contributed by atoms with E-state index in [1.54, 1.807) is 0 Å². The van der Waals surface area contributed by atoms with E-state index in [1.165, 1.54) is 12.8 Å². The summed E-state index contributed by atoms with van der Waals surface area (Å²) in [6.07, 6.45) is 2.79. The van der Waals surface area contributed by atoms with Gasteiger partial charge in [-0.25, -0.2) is 0 Å². The average molecular weight is 254 g/mol. The molecule has 3 atom stereocenters. The van der Waals surface area contributed by atoms with Gasteiger partial charge in [0.15, 0.2) is 0 Å². The summed E-state index contributed by atoms with van der Waals surface area (Å²) in [6.45, 7) is 12.0. The largest absolute Gasteiger partial charge is 0.368 e. The van der Waals surface area contributed by atoms with Crippen molar-refractivity contribution in [1.29, 1.82) is 0 Å². The van der Waals surface area contributed by atoms with Crippen molar-refractivity contribution in [2.45, 2.75) is 70.7 Å². The summed E-state index contributed by atoms with van der Waals surface area (Å²) in [7, 11) is 2.23. The summed E-state index contributed by atoms with van der Waals surface area (Å²) in [4.78, 5) is 2.48. The highest BCUT2D eigenvalue weighted by atomic mass is 16.5. The van der Waals surface area contributed by atoms with Crippen molar-refractivity contribution in [3.8, 4) is 0 Å². The fraction of sp³-hybridized carbons (Fsp3) is 1.00. The highest BCUT2D eigenvalue weighted by molar-refractivity contribution is 5.05. The molecule has 0 bridgehead atoms. The third-order valence-electron chi connectivity index (χ3n) is 5.14. The van der Waals surface area contributed by atoms with E-state index < -0.39 is 0 Å². The molecule has 1 heterocycles. The van der Waals surface area contributed by atoms with Crippen LogP contribution in [0.1, 0.15) is 47.5 Å². The highest BCUT2D eigenvalue weighted by Crippen LogP contribution is 2.42. The number of nitrogens with two attached hydrogens (primary N) is 1. The van der Waals surface area contributed by atoms with E-state index in [-0.39, 0.29) is 17.2 Å². The van der Waals surface area contributed by atoms with Gasteiger partial charge in [-0.2, -0.15) is 0 Å². The smallest absolute Gasteiger partial charge is 0.0788 e. The van der Waals surface area contributed by atoms with Crippen LogP contribution in [0.2, 0.25) is 0 Å². The Morgan fingerprint density at radius 2 is 1.78 bits per heavy atom. The second kappa shape index (κ2) is 4.46. The molecule has 18 heavy (non-hydrogen) atoms. The molecule has 1 aliphatic heterocycles. The molecule has 0 aromatic heterocycles. The lowest BCUT2D eigenvalue weighted by Gasteiger charge is -2.34. The molecule has 0 amide bonds. The molecule has 3 heteroatoms. The SMILES string of the molecule is CC(C1CC1)N(C)CC1C(N)C(C)(C)OC1(C)C. The topological polar surface area (TPSA) is 38.5 Å². The summed E-state index contributed by atoms with van der Waals surface area (Å²) < 4.78 is 6.17. The van der Waals surface area contributed by atoms with Crippen LogP contribution in [0.4, 0.5) is 0 Å². The molecule has 3 unspecified atom stereocenters. The van der Waals surface area contributed by atoms with Crippen molar-refractivity contribution in [2.24, 2.45) is 17.6 Å². The van der Waals surface area contributed by atoms with E-state index in [1.807, 2.05) is 0 Å². The number of nitrogens with zero attached hydrogens (tertiary/aromatic N) is 1. The van der Waals surface area contributed by atoms with Crippen molar-refractivity contribution >= 4 is 0 Å². The first-order valence-corrected chi connectivity index (χ1v) is 7.31. The van der Waals surface area contributed by atoms with Gasteiger partial charge in [0, 0.05) is 24.5 Å². The van der Waals surface area contributed by atoms with Crippen LogP contribution in [-0.4, -0.2) is 41.8 Å². The molecule has 106 valence electrons. The Bertz CT molecular complexity index is 310. The van der Waals surface area contributed by atoms with E-state index in [0.29, 0.717) is 12.0 Å². The summed E-state index contributed by atoms with van der Waals surface area (Å²) in [6, 6.07) is 0.790. The minimum Gasteiger partial charge on any atom is -0.368 e. The maximum absolute atomic E-state index is 6.42. The van der Waals surface area contributed by atoms with Crippen molar-refractivity contribution in [3.63, 3.8) is 0 Å². The van der Waals surface area contributed by atoms with Gasteiger partial charge in [0.1, 0.15) is 0 Å². The summed E-state index contributed by atoms with van der Waals surface area (Å²) in [5.74, 6) is 1.31. The predicted molar refractivity (Wildman–Crippen MR) is 75.5 cm³/mol. The lowest BCUT2D eigenvalue weighted by atomic mass is 9.82. The summed E-state index contributed by atoms with van der Waals surface area (Å²) in [5, 5.41) is 0. The quantitative estimate of drug-likeness (QED) is 0.836. The minimum absolute atomic E-state index is 0.112. The molecule has 3 nitrogen and oxygen atoms in total. The van der Waals surface area contributed by atoms with Gasteiger partial charge in [-0.05, 0) is 60.4 Å². The molecular formula is C15H30N2O. The Kier molecular flexibility index (Phi) is 3.54. The molecule has 0 aromatic rings. The molecule has 1 saturated heterocycles. The Hall–Kier alpha value is -0.120. The second-order valence-corrected chi connectivity index (χ2v) is 7.46. The molecule has 2 rings (SSSR count). The van der Waals surface area contributed by atoms with Crippen molar-refractivity contribution in [3.05, 3.63) is 0 Å². The maximum Gasteiger partial charge on any atom is 0.0788 e. The molecule has 2 fully saturated rings. The van der Waals surface area contributed by atoms with Crippen LogP contribution in [0.15, 0.2) is 0 Å². The van der Waals surface area contributed by atoms with Gasteiger partial charge in [0.25, 0.3) is 0 Å². The van der Waals surface area contributed by atoms with Crippen LogP contribution in [0.3, 0.4) is 0 Å². The summed E-state index contributed by atoms with van der Waals surface area (Å²) in [5.41, 5.74) is 6.09. The fourth-order valence-electron chi connectivity index (χ4n) is 3.49. The van der Waals surface area contributed by atoms with E-state index in [2.05, 4.69) is 46.6 Å². The average Bonchev–Trinajstić information content (AvgIpc) is 3.02. The zero-order valence-electron chi connectivity index (χ0n) is 12.9. The van der Waals surface area contributed by atoms with Gasteiger partial charge in [-0.1, -0.05) is 0 Å². The van der Waals surface area contributed by atoms with E-state index in [9.17, 15) is 0 Å². The molecule has 2 aliphatic rings. The van der Waals surface area contributed by atoms with Crippen LogP contribution in [0.25, 0.3) is 0 Å². The molecule has 0 radical (unpaired) electrons. The Balaban J connectivity index is 2.03. The number of hydrogen-bond donors (Lipinski definition) is 1. The molecule has 0 aromatic carbocycles. The maximum atomic E-state index is 6.42. The first-order chi connectivity index (χ1) is 8.15. The molecule has 2 N–H and O–H groups in total. The zero-order chi connectivity index (χ0) is 13.7. The van der Waals surface area contributed by atoms with Crippen LogP contribution in [0.5, 0.6) is 0 Å². The highest BCUT2D eigenvalue weighted by Gasteiger charge is 2.52. The lowest BCUT2D eigenvalue weighted by Crippen LogP contribution is -2.49. The third-order valence-corrected chi connectivity index (χ3v) is 5.14. The minimum atomic E-state index is -0.210. The lowest BCUT2D eigenvalue weighted by molar-refractivity contribution is -0.0787. The number of hydrogen-bond acceptors (Lipinski definition) is 3. The third kappa shape index (κ3) is 2.59. The van der Waals surface area contributed by atoms with Crippen LogP contribution in [-0.2, 0) is 4.74 Å². The Labute approximate surface area is 112 Å². The van der Waals surface area contributed by atoms with Gasteiger partial charge >= 0.3 is 0 Å². The van der Waals surface area contributed by atoms with Gasteiger partial charge in [-0.15, -0.1) is 0 Å². The Morgan fingerprint density at radius 1 is 1.22 bits per heavy atom. The van der Waals surface area contributed by atoms with Gasteiger partial charge < -0.3 is 15.4 Å². The van der Waals surface area contributed by atoms with Crippen molar-refractivity contribution < 1.29 is 4.74 Å². The first kappa shape index (κ1) is 14.3. The van der Waals surface area contributed by atoms with Crippen molar-refractivity contribution in [1.82, 2.24) is 4.90 Å². The monoisotopic (exact) mass is 254 g/mol. The van der Waals surface area contributed by atoms with Crippen LogP contribution < -0.4 is 5.73 Å². The normalized spacial score (nSPS) is 36.0. The van der Waals surface area contributed by atoms with E-state index in [4.69, 9.17) is 10.5 Å². The zero-order valence-corrected chi connectivity index (χ0v) is 12.9. The van der Waals surface area contributed by atoms with Crippen LogP contribution >= 0.6 is 0 Å². The first-order valence-electron chi connectivity index (χ1n) is 7.31. The number of rotatable bonds is 4. The fourth-order valence-corrected chi connectivity index (χ4v) is 3.49. The molecule has 1 aliphatic carbocycles. The molecule has 1 saturated carbocycles. The van der Waals surface area contributed by atoms with Crippen molar-refractivity contribution in [2.75, 3.05) is 13.6 Å². The predicted octanol–water partition coefficient (Wildman–Crippen LogP) is 2.25.